The van der Waals surface area contributed by atoms with Crippen molar-refractivity contribution >= 4 is 11.9 Å². The highest BCUT2D eigenvalue weighted by molar-refractivity contribution is 5.93. The number of piperidine rings is 1. The van der Waals surface area contributed by atoms with Gasteiger partial charge in [0.2, 0.25) is 0 Å². The topological polar surface area (TPSA) is 88.3 Å². The van der Waals surface area contributed by atoms with Crippen molar-refractivity contribution in [2.45, 2.75) is 19.8 Å². The molecule has 7 heteroatoms. The molecule has 7 nitrogen and oxygen atoms in total. The average Bonchev–Trinajstić information content (AvgIpc) is 2.69. The van der Waals surface area contributed by atoms with E-state index in [1.54, 1.807) is 18.9 Å². The highest BCUT2D eigenvalue weighted by Gasteiger charge is 2.30. The number of nitrogens with zero attached hydrogens (tertiary/aromatic N) is 4. The normalized spacial score (nSPS) is 19.9. The lowest BCUT2D eigenvalue weighted by Crippen LogP contribution is -2.42. The second kappa shape index (κ2) is 4.75. The van der Waals surface area contributed by atoms with Crippen molar-refractivity contribution in [2.24, 2.45) is 13.0 Å². The van der Waals surface area contributed by atoms with Crippen molar-refractivity contribution in [3.63, 3.8) is 0 Å². The molecule has 1 saturated heterocycles. The van der Waals surface area contributed by atoms with E-state index in [4.69, 9.17) is 5.11 Å². The molecule has 1 unspecified atom stereocenters. The van der Waals surface area contributed by atoms with Crippen molar-refractivity contribution < 1.29 is 14.7 Å². The Morgan fingerprint density at radius 1 is 1.44 bits per heavy atom. The van der Waals surface area contributed by atoms with Gasteiger partial charge in [-0.2, -0.15) is 0 Å². The minimum atomic E-state index is -0.844. The van der Waals surface area contributed by atoms with E-state index in [2.05, 4.69) is 10.3 Å². The zero-order valence-corrected chi connectivity index (χ0v) is 10.5. The lowest BCUT2D eigenvalue weighted by atomic mass is 9.98. The van der Waals surface area contributed by atoms with E-state index >= 15 is 0 Å². The third-order valence-electron chi connectivity index (χ3n) is 3.37. The minimum Gasteiger partial charge on any atom is -0.481 e. The van der Waals surface area contributed by atoms with Gasteiger partial charge in [0, 0.05) is 20.1 Å². The maximum atomic E-state index is 12.2. The fraction of sp³-hybridized carbons (Fsp3) is 0.636. The number of rotatable bonds is 2. The Kier molecular flexibility index (Phi) is 3.31. The van der Waals surface area contributed by atoms with E-state index in [-0.39, 0.29) is 12.5 Å². The van der Waals surface area contributed by atoms with Gasteiger partial charge >= 0.3 is 5.97 Å². The van der Waals surface area contributed by atoms with E-state index in [0.717, 1.165) is 0 Å². The zero-order valence-electron chi connectivity index (χ0n) is 10.5. The standard InChI is InChI=1S/C11H16N4O3/c1-7-9(12-13-14(7)2)10(16)15-5-3-4-8(6-15)11(17)18/h8H,3-6H2,1-2H3,(H,17,18). The van der Waals surface area contributed by atoms with Crippen molar-refractivity contribution in [1.29, 1.82) is 0 Å². The number of carboxylic acid groups (broad SMARTS) is 1. The Hall–Kier alpha value is -1.92. The molecule has 2 rings (SSSR count). The second-order valence-corrected chi connectivity index (χ2v) is 4.58. The van der Waals surface area contributed by atoms with Gasteiger partial charge in [-0.3, -0.25) is 14.3 Å². The van der Waals surface area contributed by atoms with Crippen LogP contribution in [0.25, 0.3) is 0 Å². The summed E-state index contributed by atoms with van der Waals surface area (Å²) >= 11 is 0. The van der Waals surface area contributed by atoms with E-state index in [1.807, 2.05) is 0 Å². The van der Waals surface area contributed by atoms with Gasteiger partial charge in [0.25, 0.3) is 5.91 Å². The molecule has 18 heavy (non-hydrogen) atoms. The second-order valence-electron chi connectivity index (χ2n) is 4.58. The van der Waals surface area contributed by atoms with E-state index < -0.39 is 11.9 Å². The molecule has 1 fully saturated rings. The molecule has 0 radical (unpaired) electrons. The van der Waals surface area contributed by atoms with Crippen LogP contribution in [0.4, 0.5) is 0 Å². The molecule has 0 saturated carbocycles. The molecule has 1 N–H and O–H groups in total. The van der Waals surface area contributed by atoms with Crippen LogP contribution in [0.1, 0.15) is 29.0 Å². The lowest BCUT2D eigenvalue weighted by molar-refractivity contribution is -0.143. The number of aryl methyl sites for hydroxylation is 1. The van der Waals surface area contributed by atoms with Gasteiger partial charge in [0.15, 0.2) is 5.69 Å². The quantitative estimate of drug-likeness (QED) is 0.804. The highest BCUT2D eigenvalue weighted by Crippen LogP contribution is 2.19. The third kappa shape index (κ3) is 2.20. The molecule has 1 atom stereocenters. The summed E-state index contributed by atoms with van der Waals surface area (Å²) in [5, 5.41) is 16.6. The van der Waals surface area contributed by atoms with Gasteiger partial charge in [0.1, 0.15) is 0 Å². The van der Waals surface area contributed by atoms with E-state index in [9.17, 15) is 9.59 Å². The first-order valence-electron chi connectivity index (χ1n) is 5.89. The van der Waals surface area contributed by atoms with Crippen LogP contribution >= 0.6 is 0 Å². The van der Waals surface area contributed by atoms with Crippen LogP contribution in [0.3, 0.4) is 0 Å². The molecule has 98 valence electrons. The summed E-state index contributed by atoms with van der Waals surface area (Å²) in [6, 6.07) is 0. The van der Waals surface area contributed by atoms with Gasteiger partial charge < -0.3 is 10.0 Å². The Morgan fingerprint density at radius 2 is 2.17 bits per heavy atom. The molecule has 0 aliphatic carbocycles. The molecule has 0 aromatic carbocycles. The van der Waals surface area contributed by atoms with Crippen LogP contribution in [0.15, 0.2) is 0 Å². The van der Waals surface area contributed by atoms with E-state index in [0.29, 0.717) is 30.8 Å². The minimum absolute atomic E-state index is 0.230. The number of carbonyl (C=O) groups excluding carboxylic acids is 1. The number of carboxylic acids is 1. The summed E-state index contributed by atoms with van der Waals surface area (Å²) in [4.78, 5) is 24.7. The molecule has 1 aliphatic rings. The van der Waals surface area contributed by atoms with Crippen LogP contribution < -0.4 is 0 Å². The Bertz CT molecular complexity index is 483. The molecule has 2 heterocycles. The molecule has 1 amide bonds. The zero-order chi connectivity index (χ0) is 13.3. The fourth-order valence-electron chi connectivity index (χ4n) is 2.11. The Morgan fingerprint density at radius 3 is 2.72 bits per heavy atom. The van der Waals surface area contributed by atoms with Crippen LogP contribution in [0.5, 0.6) is 0 Å². The summed E-state index contributed by atoms with van der Waals surface area (Å²) in [5.41, 5.74) is 1.00. The van der Waals surface area contributed by atoms with Crippen molar-refractivity contribution in [1.82, 2.24) is 19.9 Å². The fourth-order valence-corrected chi connectivity index (χ4v) is 2.11. The maximum Gasteiger partial charge on any atom is 0.308 e. The Labute approximate surface area is 104 Å². The number of hydrogen-bond donors (Lipinski definition) is 1. The van der Waals surface area contributed by atoms with Gasteiger partial charge in [-0.1, -0.05) is 5.21 Å². The number of amides is 1. The largest absolute Gasteiger partial charge is 0.481 e. The highest BCUT2D eigenvalue weighted by atomic mass is 16.4. The van der Waals surface area contributed by atoms with Crippen molar-refractivity contribution in [3.8, 4) is 0 Å². The summed E-state index contributed by atoms with van der Waals surface area (Å²) in [7, 11) is 1.72. The van der Waals surface area contributed by atoms with Crippen molar-refractivity contribution in [3.05, 3.63) is 11.4 Å². The number of aromatic nitrogens is 3. The van der Waals surface area contributed by atoms with Gasteiger partial charge in [-0.15, -0.1) is 5.10 Å². The monoisotopic (exact) mass is 252 g/mol. The number of likely N-dealkylation sites (tertiary alicyclic amines) is 1. The summed E-state index contributed by atoms with van der Waals surface area (Å²) in [6.45, 7) is 2.61. The first-order chi connectivity index (χ1) is 8.50. The summed E-state index contributed by atoms with van der Waals surface area (Å²) < 4.78 is 1.53. The predicted octanol–water partition coefficient (Wildman–Crippen LogP) is 0.0603. The van der Waals surface area contributed by atoms with Gasteiger partial charge in [0.05, 0.1) is 11.6 Å². The van der Waals surface area contributed by atoms with Crippen LogP contribution in [-0.2, 0) is 11.8 Å². The summed E-state index contributed by atoms with van der Waals surface area (Å²) in [6.07, 6.45) is 1.33. The first-order valence-corrected chi connectivity index (χ1v) is 5.89. The molecule has 0 spiro atoms. The maximum absolute atomic E-state index is 12.2. The predicted molar refractivity (Wildman–Crippen MR) is 62.0 cm³/mol. The Balaban J connectivity index is 2.14. The third-order valence-corrected chi connectivity index (χ3v) is 3.37. The number of aliphatic carboxylic acids is 1. The van der Waals surface area contributed by atoms with Crippen LogP contribution in [0, 0.1) is 12.8 Å². The van der Waals surface area contributed by atoms with Gasteiger partial charge in [-0.25, -0.2) is 0 Å². The van der Waals surface area contributed by atoms with Crippen LogP contribution in [-0.4, -0.2) is 50.0 Å². The van der Waals surface area contributed by atoms with E-state index in [1.165, 1.54) is 4.68 Å². The number of carbonyl (C=O) groups is 2. The molecule has 0 bridgehead atoms. The smallest absolute Gasteiger partial charge is 0.308 e. The molecule has 1 aromatic rings. The molecule has 1 aromatic heterocycles. The average molecular weight is 252 g/mol. The van der Waals surface area contributed by atoms with Crippen LogP contribution in [0.2, 0.25) is 0 Å². The molecular weight excluding hydrogens is 236 g/mol. The molecular formula is C11H16N4O3. The lowest BCUT2D eigenvalue weighted by Gasteiger charge is -2.30. The van der Waals surface area contributed by atoms with Gasteiger partial charge in [-0.05, 0) is 19.8 Å². The molecule has 1 aliphatic heterocycles. The van der Waals surface area contributed by atoms with Crippen molar-refractivity contribution in [2.75, 3.05) is 13.1 Å². The number of hydrogen-bond acceptors (Lipinski definition) is 4. The SMILES string of the molecule is Cc1c(C(=O)N2CCCC(C(=O)O)C2)nnn1C. The summed E-state index contributed by atoms with van der Waals surface area (Å²) in [5.74, 6) is -1.55. The first kappa shape index (κ1) is 12.5.